The molecule has 2 amide bonds. The number of amides is 2. The summed E-state index contributed by atoms with van der Waals surface area (Å²) in [6.07, 6.45) is 2.18. The van der Waals surface area contributed by atoms with E-state index in [1.807, 2.05) is 60.8 Å². The highest BCUT2D eigenvalue weighted by molar-refractivity contribution is 7.23. The lowest BCUT2D eigenvalue weighted by atomic mass is 10.0. The van der Waals surface area contributed by atoms with Crippen molar-refractivity contribution >= 4 is 44.0 Å². The molecule has 43 heavy (non-hydrogen) atoms. The highest BCUT2D eigenvalue weighted by atomic mass is 32.1. The summed E-state index contributed by atoms with van der Waals surface area (Å²) in [6, 6.07) is 28.6. The minimum absolute atomic E-state index is 0.106. The van der Waals surface area contributed by atoms with Gasteiger partial charge in [-0.1, -0.05) is 84.1 Å². The number of nitrogens with zero attached hydrogens (tertiary/aromatic N) is 2. The molecule has 6 nitrogen and oxygen atoms in total. The molecule has 9 heteroatoms. The van der Waals surface area contributed by atoms with Crippen LogP contribution in [-0.2, 0) is 35.8 Å². The van der Waals surface area contributed by atoms with Crippen molar-refractivity contribution in [2.75, 3.05) is 5.32 Å². The number of alkyl halides is 2. The van der Waals surface area contributed by atoms with E-state index in [1.165, 1.54) is 10.8 Å². The first-order valence-corrected chi connectivity index (χ1v) is 14.7. The number of hydrogen-bond acceptors (Lipinski definition) is 4. The van der Waals surface area contributed by atoms with Crippen molar-refractivity contribution in [3.8, 4) is 11.3 Å². The molecule has 0 radical (unpaired) electrons. The number of rotatable bonds is 10. The molecule has 6 rings (SSSR count). The molecule has 0 saturated carbocycles. The Morgan fingerprint density at radius 1 is 0.814 bits per heavy atom. The van der Waals surface area contributed by atoms with Gasteiger partial charge in [-0.3, -0.25) is 14.0 Å². The van der Waals surface area contributed by atoms with Crippen molar-refractivity contribution in [2.45, 2.75) is 32.2 Å². The predicted octanol–water partition coefficient (Wildman–Crippen LogP) is 7.06. The van der Waals surface area contributed by atoms with Crippen molar-refractivity contribution in [3.05, 3.63) is 126 Å². The maximum atomic E-state index is 13.4. The molecule has 0 fully saturated rings. The van der Waals surface area contributed by atoms with Gasteiger partial charge in [0.1, 0.15) is 19.4 Å². The highest BCUT2D eigenvalue weighted by Crippen LogP contribution is 2.29. The molecule has 0 unspecified atom stereocenters. The zero-order valence-electron chi connectivity index (χ0n) is 23.1. The number of para-hydroxylation sites is 1. The van der Waals surface area contributed by atoms with Crippen LogP contribution >= 0.6 is 11.3 Å². The van der Waals surface area contributed by atoms with Gasteiger partial charge in [-0.2, -0.15) is 0 Å². The number of nitrogens with one attached hydrogen (secondary N) is 2. The summed E-state index contributed by atoms with van der Waals surface area (Å²) in [5.41, 5.74) is 5.41. The fourth-order valence-corrected chi connectivity index (χ4v) is 6.13. The molecule has 0 aliphatic carbocycles. The Morgan fingerprint density at radius 2 is 1.49 bits per heavy atom. The van der Waals surface area contributed by atoms with Gasteiger partial charge >= 0.3 is 0 Å². The van der Waals surface area contributed by atoms with E-state index >= 15 is 0 Å². The van der Waals surface area contributed by atoms with Crippen molar-refractivity contribution in [3.63, 3.8) is 0 Å². The minimum atomic E-state index is -0.868. The SMILES string of the molecule is O=C(Cc1cc(CF)cc(CF)c1)N[C@@H](Cc1ccccc1)C(=O)Nc1ccc(-c2cn3c(n2)sc2ccccc23)cc1. The van der Waals surface area contributed by atoms with Gasteiger partial charge in [-0.15, -0.1) is 0 Å². The topological polar surface area (TPSA) is 75.5 Å². The Hall–Kier alpha value is -4.89. The van der Waals surface area contributed by atoms with Crippen LogP contribution in [0.2, 0.25) is 0 Å². The monoisotopic (exact) mass is 594 g/mol. The lowest BCUT2D eigenvalue weighted by Crippen LogP contribution is -2.45. The quantitative estimate of drug-likeness (QED) is 0.178. The van der Waals surface area contributed by atoms with Gasteiger partial charge in [0.25, 0.3) is 0 Å². The average molecular weight is 595 g/mol. The number of anilines is 1. The Labute approximate surface area is 251 Å². The van der Waals surface area contributed by atoms with Crippen LogP contribution in [-0.4, -0.2) is 27.2 Å². The molecule has 2 heterocycles. The summed E-state index contributed by atoms with van der Waals surface area (Å²) in [4.78, 5) is 32.1. The number of carbonyl (C=O) groups is 2. The van der Waals surface area contributed by atoms with Gasteiger partial charge in [0.05, 0.1) is 22.3 Å². The largest absolute Gasteiger partial charge is 0.344 e. The summed E-state index contributed by atoms with van der Waals surface area (Å²) in [5, 5.41) is 5.74. The number of hydrogen-bond donors (Lipinski definition) is 2. The van der Waals surface area contributed by atoms with Gasteiger partial charge in [0.2, 0.25) is 11.8 Å². The standard InChI is InChI=1S/C34H28F2N4O2S/c35-19-24-14-23(15-25(16-24)20-36)18-32(41)38-28(17-22-6-2-1-3-7-22)33(42)37-27-12-10-26(11-13-27)29-21-40-30-8-4-5-9-31(30)43-34(40)39-29/h1-16,21,28H,17-20H2,(H,37,42)(H,38,41)/t28-/m0/s1. The Bertz CT molecular complexity index is 1880. The van der Waals surface area contributed by atoms with Crippen molar-refractivity contribution in [1.82, 2.24) is 14.7 Å². The lowest BCUT2D eigenvalue weighted by Gasteiger charge is -2.19. The molecule has 0 aliphatic rings. The molecule has 2 aromatic heterocycles. The van der Waals surface area contributed by atoms with Crippen LogP contribution in [0.25, 0.3) is 26.4 Å². The second-order valence-electron chi connectivity index (χ2n) is 10.3. The van der Waals surface area contributed by atoms with E-state index in [4.69, 9.17) is 4.98 Å². The summed E-state index contributed by atoms with van der Waals surface area (Å²) in [5.74, 6) is -0.791. The van der Waals surface area contributed by atoms with E-state index in [2.05, 4.69) is 27.2 Å². The number of halogens is 2. The lowest BCUT2D eigenvalue weighted by molar-refractivity contribution is -0.126. The Morgan fingerprint density at radius 3 is 2.21 bits per heavy atom. The molecule has 1 atom stereocenters. The van der Waals surface area contributed by atoms with Crippen LogP contribution in [0.5, 0.6) is 0 Å². The first-order valence-electron chi connectivity index (χ1n) is 13.8. The zero-order valence-corrected chi connectivity index (χ0v) is 23.9. The van der Waals surface area contributed by atoms with Gasteiger partial charge < -0.3 is 10.6 Å². The molecule has 4 aromatic carbocycles. The molecule has 0 aliphatic heterocycles. The first-order chi connectivity index (χ1) is 21.0. The zero-order chi connectivity index (χ0) is 29.8. The summed E-state index contributed by atoms with van der Waals surface area (Å²) >= 11 is 1.63. The van der Waals surface area contributed by atoms with E-state index in [0.717, 1.165) is 27.3 Å². The summed E-state index contributed by atoms with van der Waals surface area (Å²) in [6.45, 7) is -1.51. The first kappa shape index (κ1) is 28.2. The average Bonchev–Trinajstić information content (AvgIpc) is 3.60. The van der Waals surface area contributed by atoms with Crippen LogP contribution in [0.1, 0.15) is 22.3 Å². The number of benzene rings is 4. The van der Waals surface area contributed by atoms with Crippen LogP contribution in [0.15, 0.2) is 103 Å². The maximum absolute atomic E-state index is 13.4. The minimum Gasteiger partial charge on any atom is -0.344 e. The van der Waals surface area contributed by atoms with Crippen LogP contribution in [0.4, 0.5) is 14.5 Å². The number of thiazole rings is 1. The molecule has 0 saturated heterocycles. The van der Waals surface area contributed by atoms with E-state index in [1.54, 1.807) is 35.6 Å². The summed E-state index contributed by atoms with van der Waals surface area (Å²) in [7, 11) is 0. The van der Waals surface area contributed by atoms with Crippen molar-refractivity contribution in [2.24, 2.45) is 0 Å². The Kier molecular flexibility index (Phi) is 8.24. The molecule has 2 N–H and O–H groups in total. The number of carbonyl (C=O) groups excluding carboxylic acids is 2. The Balaban J connectivity index is 1.17. The van der Waals surface area contributed by atoms with E-state index < -0.39 is 25.3 Å². The fourth-order valence-electron chi connectivity index (χ4n) is 5.13. The van der Waals surface area contributed by atoms with E-state index in [0.29, 0.717) is 22.4 Å². The third-order valence-electron chi connectivity index (χ3n) is 7.17. The van der Waals surface area contributed by atoms with Crippen molar-refractivity contribution in [1.29, 1.82) is 0 Å². The highest BCUT2D eigenvalue weighted by Gasteiger charge is 2.22. The second kappa shape index (κ2) is 12.5. The normalized spacial score (nSPS) is 12.0. The molecular weight excluding hydrogens is 566 g/mol. The molecule has 0 spiro atoms. The number of aromatic nitrogens is 2. The van der Waals surface area contributed by atoms with Crippen LogP contribution in [0.3, 0.4) is 0 Å². The smallest absolute Gasteiger partial charge is 0.247 e. The van der Waals surface area contributed by atoms with E-state index in [-0.39, 0.29) is 18.7 Å². The number of imidazole rings is 1. The van der Waals surface area contributed by atoms with Crippen LogP contribution in [0, 0.1) is 0 Å². The van der Waals surface area contributed by atoms with E-state index in [9.17, 15) is 18.4 Å². The summed E-state index contributed by atoms with van der Waals surface area (Å²) < 4.78 is 29.8. The second-order valence-corrected chi connectivity index (χ2v) is 11.3. The van der Waals surface area contributed by atoms with Crippen LogP contribution < -0.4 is 10.6 Å². The van der Waals surface area contributed by atoms with Crippen molar-refractivity contribution < 1.29 is 18.4 Å². The number of fused-ring (bicyclic) bond motifs is 3. The fraction of sp³-hybridized carbons (Fsp3) is 0.147. The molecule has 0 bridgehead atoms. The third-order valence-corrected chi connectivity index (χ3v) is 8.20. The van der Waals surface area contributed by atoms with Gasteiger partial charge in [0, 0.05) is 23.9 Å². The predicted molar refractivity (Wildman–Crippen MR) is 166 cm³/mol. The third kappa shape index (κ3) is 6.47. The molecule has 6 aromatic rings. The molecule has 216 valence electrons. The van der Waals surface area contributed by atoms with Gasteiger partial charge in [-0.05, 0) is 46.5 Å². The van der Waals surface area contributed by atoms with Gasteiger partial charge in [0.15, 0.2) is 4.96 Å². The maximum Gasteiger partial charge on any atom is 0.247 e. The van der Waals surface area contributed by atoms with Gasteiger partial charge in [-0.25, -0.2) is 13.8 Å². The molecular formula is C34H28F2N4O2S.